The Morgan fingerprint density at radius 3 is 2.68 bits per heavy atom. The third-order valence-corrected chi connectivity index (χ3v) is 5.24. The number of benzene rings is 2. The van der Waals surface area contributed by atoms with E-state index in [1.165, 1.54) is 24.5 Å². The van der Waals surface area contributed by atoms with Crippen LogP contribution < -0.4 is 20.1 Å². The molecule has 1 heterocycles. The first-order valence-corrected chi connectivity index (χ1v) is 10.9. The first kappa shape index (κ1) is 22.6. The monoisotopic (exact) mass is 459 g/mol. The van der Waals surface area contributed by atoms with Crippen LogP contribution in [0.1, 0.15) is 30.1 Å². The van der Waals surface area contributed by atoms with Gasteiger partial charge in [-0.15, -0.1) is 11.3 Å². The summed E-state index contributed by atoms with van der Waals surface area (Å²) in [7, 11) is 1.41. The standard InChI is InChI=1S/C22H22FN3O3S2/c1-3-4-11-29-16-8-5-14(6-9-16)20(27)25-21(30)26-22-24-18(13-31-22)15-7-10-19(28-2)17(23)12-15/h5-10,12-13H,3-4,11H2,1-2H3,(H2,24,25,26,27,30). The summed E-state index contributed by atoms with van der Waals surface area (Å²) in [4.78, 5) is 16.8. The Labute approximate surface area is 189 Å². The SMILES string of the molecule is CCCCOc1ccc(C(=O)NC(=S)Nc2nc(-c3ccc(OC)c(F)c3)cs2)cc1. The Balaban J connectivity index is 1.56. The van der Waals surface area contributed by atoms with Crippen LogP contribution >= 0.6 is 23.6 Å². The molecule has 0 unspecified atom stereocenters. The highest BCUT2D eigenvalue weighted by atomic mass is 32.1. The number of ether oxygens (including phenoxy) is 2. The molecule has 0 aliphatic heterocycles. The van der Waals surface area contributed by atoms with Gasteiger partial charge in [-0.25, -0.2) is 9.37 Å². The Morgan fingerprint density at radius 2 is 2.00 bits per heavy atom. The minimum atomic E-state index is -0.466. The fourth-order valence-electron chi connectivity index (χ4n) is 2.63. The molecular formula is C22H22FN3O3S2. The number of aromatic nitrogens is 1. The summed E-state index contributed by atoms with van der Waals surface area (Å²) in [6.45, 7) is 2.74. The number of thiocarbonyl (C=S) groups is 1. The van der Waals surface area contributed by atoms with E-state index in [0.29, 0.717) is 28.6 Å². The van der Waals surface area contributed by atoms with Crippen molar-refractivity contribution in [3.8, 4) is 22.8 Å². The lowest BCUT2D eigenvalue weighted by Crippen LogP contribution is -2.34. The largest absolute Gasteiger partial charge is 0.494 e. The Hall–Kier alpha value is -3.04. The van der Waals surface area contributed by atoms with Crippen molar-refractivity contribution in [3.05, 3.63) is 59.2 Å². The number of hydrogen-bond donors (Lipinski definition) is 2. The van der Waals surface area contributed by atoms with Gasteiger partial charge < -0.3 is 14.8 Å². The molecule has 0 saturated carbocycles. The molecule has 6 nitrogen and oxygen atoms in total. The van der Waals surface area contributed by atoms with E-state index in [9.17, 15) is 9.18 Å². The minimum Gasteiger partial charge on any atom is -0.494 e. The Morgan fingerprint density at radius 1 is 1.23 bits per heavy atom. The molecule has 0 bridgehead atoms. The average Bonchev–Trinajstić information content (AvgIpc) is 3.22. The molecule has 0 atom stereocenters. The second kappa shape index (κ2) is 10.8. The predicted molar refractivity (Wildman–Crippen MR) is 125 cm³/mol. The van der Waals surface area contributed by atoms with Gasteiger partial charge in [-0.1, -0.05) is 13.3 Å². The molecule has 3 rings (SSSR count). The van der Waals surface area contributed by atoms with E-state index in [2.05, 4.69) is 22.5 Å². The Kier molecular flexibility index (Phi) is 7.91. The highest BCUT2D eigenvalue weighted by Crippen LogP contribution is 2.28. The van der Waals surface area contributed by atoms with Crippen LogP contribution in [-0.4, -0.2) is 29.7 Å². The fourth-order valence-corrected chi connectivity index (χ4v) is 3.61. The molecular weight excluding hydrogens is 437 g/mol. The highest BCUT2D eigenvalue weighted by molar-refractivity contribution is 7.80. The van der Waals surface area contributed by atoms with Crippen LogP contribution in [0.25, 0.3) is 11.3 Å². The van der Waals surface area contributed by atoms with Crippen LogP contribution in [0.2, 0.25) is 0 Å². The number of nitrogens with zero attached hydrogens (tertiary/aromatic N) is 1. The summed E-state index contributed by atoms with van der Waals surface area (Å²) in [5.41, 5.74) is 1.65. The molecule has 9 heteroatoms. The minimum absolute atomic E-state index is 0.120. The number of anilines is 1. The third kappa shape index (κ3) is 6.22. The van der Waals surface area contributed by atoms with E-state index >= 15 is 0 Å². The molecule has 0 aliphatic carbocycles. The lowest BCUT2D eigenvalue weighted by molar-refractivity contribution is 0.0977. The quantitative estimate of drug-likeness (QED) is 0.354. The van der Waals surface area contributed by atoms with Crippen molar-refractivity contribution in [1.82, 2.24) is 10.3 Å². The summed E-state index contributed by atoms with van der Waals surface area (Å²) in [6, 6.07) is 11.5. The molecule has 2 N–H and O–H groups in total. The van der Waals surface area contributed by atoms with Crippen molar-refractivity contribution < 1.29 is 18.7 Å². The maximum absolute atomic E-state index is 13.9. The number of thiazole rings is 1. The number of unbranched alkanes of at least 4 members (excludes halogenated alkanes) is 1. The predicted octanol–water partition coefficient (Wildman–Crippen LogP) is 5.26. The maximum atomic E-state index is 13.9. The molecule has 0 spiro atoms. The van der Waals surface area contributed by atoms with Crippen LogP contribution in [0.15, 0.2) is 47.8 Å². The van der Waals surface area contributed by atoms with Gasteiger partial charge in [0.2, 0.25) is 0 Å². The summed E-state index contributed by atoms with van der Waals surface area (Å²) >= 11 is 6.50. The van der Waals surface area contributed by atoms with Crippen molar-refractivity contribution in [1.29, 1.82) is 0 Å². The molecule has 31 heavy (non-hydrogen) atoms. The maximum Gasteiger partial charge on any atom is 0.257 e. The zero-order valence-electron chi connectivity index (χ0n) is 17.1. The van der Waals surface area contributed by atoms with Crippen molar-refractivity contribution >= 4 is 39.7 Å². The van der Waals surface area contributed by atoms with E-state index < -0.39 is 5.82 Å². The summed E-state index contributed by atoms with van der Waals surface area (Å²) in [5.74, 6) is 0.0800. The molecule has 0 fully saturated rings. The number of amides is 1. The van der Waals surface area contributed by atoms with Gasteiger partial charge in [0.05, 0.1) is 19.4 Å². The number of rotatable bonds is 8. The summed E-state index contributed by atoms with van der Waals surface area (Å²) in [5, 5.41) is 7.87. The van der Waals surface area contributed by atoms with Crippen molar-refractivity contribution in [2.24, 2.45) is 0 Å². The van der Waals surface area contributed by atoms with Gasteiger partial charge in [0.15, 0.2) is 21.8 Å². The molecule has 1 aromatic heterocycles. The normalized spacial score (nSPS) is 10.4. The molecule has 3 aromatic rings. The van der Waals surface area contributed by atoms with Gasteiger partial charge in [-0.3, -0.25) is 10.1 Å². The van der Waals surface area contributed by atoms with Gasteiger partial charge in [-0.2, -0.15) is 0 Å². The van der Waals surface area contributed by atoms with E-state index in [-0.39, 0.29) is 16.8 Å². The number of carbonyl (C=O) groups is 1. The van der Waals surface area contributed by atoms with E-state index in [4.69, 9.17) is 21.7 Å². The van der Waals surface area contributed by atoms with Crippen molar-refractivity contribution in [3.63, 3.8) is 0 Å². The second-order valence-corrected chi connectivity index (χ2v) is 7.79. The van der Waals surface area contributed by atoms with Crippen molar-refractivity contribution in [2.75, 3.05) is 19.0 Å². The van der Waals surface area contributed by atoms with Gasteiger partial charge >= 0.3 is 0 Å². The van der Waals surface area contributed by atoms with E-state index in [1.807, 2.05) is 0 Å². The summed E-state index contributed by atoms with van der Waals surface area (Å²) < 4.78 is 24.4. The van der Waals surface area contributed by atoms with Crippen LogP contribution in [0.3, 0.4) is 0 Å². The topological polar surface area (TPSA) is 72.5 Å². The van der Waals surface area contributed by atoms with Crippen LogP contribution in [0.5, 0.6) is 11.5 Å². The number of methoxy groups -OCH3 is 1. The number of halogens is 1. The highest BCUT2D eigenvalue weighted by Gasteiger charge is 2.12. The second-order valence-electron chi connectivity index (χ2n) is 6.52. The molecule has 2 aromatic carbocycles. The van der Waals surface area contributed by atoms with Crippen LogP contribution in [0, 0.1) is 5.82 Å². The lowest BCUT2D eigenvalue weighted by atomic mass is 10.1. The molecule has 0 aliphatic rings. The van der Waals surface area contributed by atoms with Crippen LogP contribution in [0.4, 0.5) is 9.52 Å². The van der Waals surface area contributed by atoms with E-state index in [0.717, 1.165) is 18.6 Å². The fraction of sp³-hybridized carbons (Fsp3) is 0.227. The Bertz CT molecular complexity index is 1050. The first-order chi connectivity index (χ1) is 15.0. The van der Waals surface area contributed by atoms with E-state index in [1.54, 1.807) is 41.8 Å². The molecule has 1 amide bonds. The van der Waals surface area contributed by atoms with Crippen molar-refractivity contribution in [2.45, 2.75) is 19.8 Å². The van der Waals surface area contributed by atoms with Gasteiger partial charge in [0.1, 0.15) is 5.75 Å². The third-order valence-electron chi connectivity index (χ3n) is 4.28. The number of nitrogens with one attached hydrogen (secondary N) is 2. The zero-order chi connectivity index (χ0) is 22.2. The first-order valence-electron chi connectivity index (χ1n) is 9.64. The smallest absolute Gasteiger partial charge is 0.257 e. The number of carbonyl (C=O) groups excluding carboxylic acids is 1. The van der Waals surface area contributed by atoms with Crippen LogP contribution in [-0.2, 0) is 0 Å². The molecule has 162 valence electrons. The summed E-state index contributed by atoms with van der Waals surface area (Å²) in [6.07, 6.45) is 2.04. The zero-order valence-corrected chi connectivity index (χ0v) is 18.7. The lowest BCUT2D eigenvalue weighted by Gasteiger charge is -2.09. The van der Waals surface area contributed by atoms with Gasteiger partial charge in [-0.05, 0) is 61.1 Å². The average molecular weight is 460 g/mol. The molecule has 0 saturated heterocycles. The number of hydrogen-bond acceptors (Lipinski definition) is 6. The van der Waals surface area contributed by atoms with Gasteiger partial charge in [0, 0.05) is 16.5 Å². The molecule has 0 radical (unpaired) electrons. The van der Waals surface area contributed by atoms with Gasteiger partial charge in [0.25, 0.3) is 5.91 Å².